The molecule has 3 rings (SSSR count). The maximum Gasteiger partial charge on any atom is 0.274 e. The lowest BCUT2D eigenvalue weighted by Crippen LogP contribution is -2.16. The summed E-state index contributed by atoms with van der Waals surface area (Å²) >= 11 is 0. The molecule has 1 aromatic heterocycles. The van der Waals surface area contributed by atoms with Crippen LogP contribution in [0.1, 0.15) is 21.9 Å². The minimum absolute atomic E-state index is 0.243. The van der Waals surface area contributed by atoms with Crippen LogP contribution in [0.5, 0.6) is 0 Å². The molecule has 2 N–H and O–H groups in total. The van der Waals surface area contributed by atoms with Gasteiger partial charge in [-0.25, -0.2) is 14.4 Å². The average Bonchev–Trinajstić information content (AvgIpc) is 2.61. The second-order valence-electron chi connectivity index (χ2n) is 5.45. The van der Waals surface area contributed by atoms with Gasteiger partial charge < -0.3 is 10.6 Å². The molecule has 0 radical (unpaired) electrons. The first-order chi connectivity index (χ1) is 12.1. The number of carbonyl (C=O) groups is 1. The predicted molar refractivity (Wildman–Crippen MR) is 94.9 cm³/mol. The van der Waals surface area contributed by atoms with E-state index in [1.54, 1.807) is 43.3 Å². The Bertz CT molecular complexity index is 884. The Hall–Kier alpha value is -3.28. The normalized spacial score (nSPS) is 10.3. The van der Waals surface area contributed by atoms with Gasteiger partial charge in [0.25, 0.3) is 5.91 Å². The first-order valence-corrected chi connectivity index (χ1v) is 7.81. The maximum atomic E-state index is 13.7. The molecule has 1 heterocycles. The first-order valence-electron chi connectivity index (χ1n) is 7.81. The number of aromatic nitrogens is 2. The number of hydrogen-bond donors (Lipinski definition) is 2. The Balaban J connectivity index is 1.74. The van der Waals surface area contributed by atoms with Gasteiger partial charge in [0.15, 0.2) is 0 Å². The highest BCUT2D eigenvalue weighted by atomic mass is 19.1. The van der Waals surface area contributed by atoms with Crippen LogP contribution in [0, 0.1) is 12.7 Å². The van der Waals surface area contributed by atoms with Gasteiger partial charge in [0.1, 0.15) is 23.2 Å². The number of halogens is 1. The molecule has 25 heavy (non-hydrogen) atoms. The Kier molecular flexibility index (Phi) is 4.99. The summed E-state index contributed by atoms with van der Waals surface area (Å²) in [6.45, 7) is 1.97. The van der Waals surface area contributed by atoms with E-state index in [0.717, 1.165) is 0 Å². The van der Waals surface area contributed by atoms with Crippen molar-refractivity contribution in [3.8, 4) is 0 Å². The van der Waals surface area contributed by atoms with Gasteiger partial charge in [-0.3, -0.25) is 4.79 Å². The van der Waals surface area contributed by atoms with Crippen LogP contribution in [0.2, 0.25) is 0 Å². The summed E-state index contributed by atoms with van der Waals surface area (Å²) < 4.78 is 13.7. The van der Waals surface area contributed by atoms with E-state index in [9.17, 15) is 9.18 Å². The van der Waals surface area contributed by atoms with Crippen molar-refractivity contribution in [2.45, 2.75) is 13.5 Å². The summed E-state index contributed by atoms with van der Waals surface area (Å²) in [4.78, 5) is 20.8. The second kappa shape index (κ2) is 7.53. The monoisotopic (exact) mass is 336 g/mol. The van der Waals surface area contributed by atoms with Crippen LogP contribution in [-0.2, 0) is 6.54 Å². The number of benzene rings is 2. The summed E-state index contributed by atoms with van der Waals surface area (Å²) in [6, 6.07) is 17.2. The minimum atomic E-state index is -0.328. The second-order valence-corrected chi connectivity index (χ2v) is 5.45. The molecule has 0 bridgehead atoms. The van der Waals surface area contributed by atoms with E-state index < -0.39 is 0 Å². The molecular weight excluding hydrogens is 319 g/mol. The van der Waals surface area contributed by atoms with Crippen molar-refractivity contribution in [1.82, 2.24) is 9.97 Å². The summed E-state index contributed by atoms with van der Waals surface area (Å²) in [5, 5.41) is 5.81. The third-order valence-corrected chi connectivity index (χ3v) is 3.52. The van der Waals surface area contributed by atoms with Crippen molar-refractivity contribution in [3.05, 3.63) is 83.6 Å². The van der Waals surface area contributed by atoms with E-state index in [-0.39, 0.29) is 24.0 Å². The van der Waals surface area contributed by atoms with Crippen molar-refractivity contribution in [2.75, 3.05) is 10.6 Å². The summed E-state index contributed by atoms with van der Waals surface area (Å²) in [6.07, 6.45) is 0. The lowest BCUT2D eigenvalue weighted by Gasteiger charge is -2.10. The van der Waals surface area contributed by atoms with Crippen LogP contribution in [0.15, 0.2) is 60.7 Å². The molecule has 3 aromatic rings. The molecule has 0 atom stereocenters. The molecule has 6 heteroatoms. The Morgan fingerprint density at radius 3 is 2.52 bits per heavy atom. The Labute approximate surface area is 145 Å². The number of hydrogen-bond acceptors (Lipinski definition) is 4. The van der Waals surface area contributed by atoms with Crippen LogP contribution >= 0.6 is 0 Å². The minimum Gasteiger partial charge on any atom is -0.366 e. The molecule has 0 fully saturated rings. The van der Waals surface area contributed by atoms with Crippen LogP contribution in [-0.4, -0.2) is 15.9 Å². The maximum absolute atomic E-state index is 13.7. The van der Waals surface area contributed by atoms with E-state index in [4.69, 9.17) is 0 Å². The lowest BCUT2D eigenvalue weighted by atomic mass is 10.2. The van der Waals surface area contributed by atoms with Gasteiger partial charge in [0.05, 0.1) is 0 Å². The van der Waals surface area contributed by atoms with Crippen molar-refractivity contribution < 1.29 is 9.18 Å². The molecule has 2 aromatic carbocycles. The number of anilines is 2. The molecule has 126 valence electrons. The number of rotatable bonds is 5. The molecule has 5 nitrogen and oxygen atoms in total. The SMILES string of the molecule is Cc1nc(NCc2ccccc2F)cc(C(=O)Nc2ccccc2)n1. The fourth-order valence-electron chi connectivity index (χ4n) is 2.32. The Morgan fingerprint density at radius 2 is 1.76 bits per heavy atom. The van der Waals surface area contributed by atoms with E-state index in [0.29, 0.717) is 22.9 Å². The molecule has 0 saturated carbocycles. The molecule has 0 aliphatic rings. The summed E-state index contributed by atoms with van der Waals surface area (Å²) in [5.74, 6) is 0.305. The highest BCUT2D eigenvalue weighted by Gasteiger charge is 2.11. The quantitative estimate of drug-likeness (QED) is 0.744. The number of carbonyl (C=O) groups excluding carboxylic acids is 1. The van der Waals surface area contributed by atoms with Gasteiger partial charge in [-0.05, 0) is 25.1 Å². The summed E-state index contributed by atoms with van der Waals surface area (Å²) in [7, 11) is 0. The zero-order chi connectivity index (χ0) is 17.6. The van der Waals surface area contributed by atoms with Gasteiger partial charge in [0, 0.05) is 23.9 Å². The highest BCUT2D eigenvalue weighted by molar-refractivity contribution is 6.03. The fraction of sp³-hybridized carbons (Fsp3) is 0.105. The number of nitrogens with zero attached hydrogens (tertiary/aromatic N) is 2. The zero-order valence-electron chi connectivity index (χ0n) is 13.7. The summed E-state index contributed by atoms with van der Waals surface area (Å²) in [5.41, 5.74) is 1.45. The first kappa shape index (κ1) is 16.6. The van der Waals surface area contributed by atoms with Gasteiger partial charge in [0.2, 0.25) is 0 Å². The zero-order valence-corrected chi connectivity index (χ0v) is 13.7. The number of amides is 1. The molecule has 0 aliphatic heterocycles. The molecule has 0 unspecified atom stereocenters. The van der Waals surface area contributed by atoms with Gasteiger partial charge >= 0.3 is 0 Å². The van der Waals surface area contributed by atoms with Crippen molar-refractivity contribution >= 4 is 17.4 Å². The van der Waals surface area contributed by atoms with Gasteiger partial charge in [-0.2, -0.15) is 0 Å². The van der Waals surface area contributed by atoms with Gasteiger partial charge in [-0.15, -0.1) is 0 Å². The number of nitrogens with one attached hydrogen (secondary N) is 2. The standard InChI is InChI=1S/C19H17FN4O/c1-13-22-17(19(25)24-15-8-3-2-4-9-15)11-18(23-13)21-12-14-7-5-6-10-16(14)20/h2-11H,12H2,1H3,(H,24,25)(H,21,22,23). The number of para-hydroxylation sites is 1. The van der Waals surface area contributed by atoms with E-state index in [2.05, 4.69) is 20.6 Å². The highest BCUT2D eigenvalue weighted by Crippen LogP contribution is 2.13. The van der Waals surface area contributed by atoms with Gasteiger partial charge in [-0.1, -0.05) is 36.4 Å². The van der Waals surface area contributed by atoms with E-state index in [1.807, 2.05) is 18.2 Å². The predicted octanol–water partition coefficient (Wildman–Crippen LogP) is 3.79. The van der Waals surface area contributed by atoms with Crippen LogP contribution < -0.4 is 10.6 Å². The van der Waals surface area contributed by atoms with Crippen LogP contribution in [0.4, 0.5) is 15.9 Å². The molecule has 1 amide bonds. The molecule has 0 saturated heterocycles. The molecule has 0 spiro atoms. The van der Waals surface area contributed by atoms with E-state index in [1.165, 1.54) is 6.07 Å². The van der Waals surface area contributed by atoms with Crippen LogP contribution in [0.25, 0.3) is 0 Å². The van der Waals surface area contributed by atoms with Crippen molar-refractivity contribution in [1.29, 1.82) is 0 Å². The molecule has 0 aliphatic carbocycles. The lowest BCUT2D eigenvalue weighted by molar-refractivity contribution is 0.102. The Morgan fingerprint density at radius 1 is 1.04 bits per heavy atom. The average molecular weight is 336 g/mol. The largest absolute Gasteiger partial charge is 0.366 e. The van der Waals surface area contributed by atoms with Crippen LogP contribution in [0.3, 0.4) is 0 Å². The topological polar surface area (TPSA) is 66.9 Å². The van der Waals surface area contributed by atoms with E-state index >= 15 is 0 Å². The third kappa shape index (κ3) is 4.38. The molecular formula is C19H17FN4O. The van der Waals surface area contributed by atoms with Crippen molar-refractivity contribution in [2.24, 2.45) is 0 Å². The van der Waals surface area contributed by atoms with Crippen molar-refractivity contribution in [3.63, 3.8) is 0 Å². The fourth-order valence-corrected chi connectivity index (χ4v) is 2.32. The third-order valence-electron chi connectivity index (χ3n) is 3.52. The number of aryl methyl sites for hydroxylation is 1. The smallest absolute Gasteiger partial charge is 0.274 e.